The van der Waals surface area contributed by atoms with Crippen molar-refractivity contribution in [3.05, 3.63) is 70.1 Å². The topological polar surface area (TPSA) is 38.3 Å². The highest BCUT2D eigenvalue weighted by Gasteiger charge is 2.16. The molecule has 0 saturated heterocycles. The third-order valence-corrected chi connectivity index (χ3v) is 5.09. The van der Waals surface area contributed by atoms with Crippen molar-refractivity contribution in [1.29, 1.82) is 0 Å². The predicted molar refractivity (Wildman–Crippen MR) is 95.4 cm³/mol. The highest BCUT2D eigenvalue weighted by atomic mass is 35.5. The van der Waals surface area contributed by atoms with E-state index in [1.54, 1.807) is 7.11 Å². The van der Waals surface area contributed by atoms with Gasteiger partial charge in [0.1, 0.15) is 6.10 Å². The summed E-state index contributed by atoms with van der Waals surface area (Å²) in [5.41, 5.74) is 0.869. The van der Waals surface area contributed by atoms with Crippen LogP contribution < -0.4 is 5.32 Å². The second-order valence-electron chi connectivity index (χ2n) is 5.10. The Balaban J connectivity index is 1.71. The minimum atomic E-state index is -0.276. The van der Waals surface area contributed by atoms with Crippen LogP contribution in [0.5, 0.6) is 0 Å². The first kappa shape index (κ1) is 16.0. The molecule has 5 heteroatoms. The second-order valence-corrected chi connectivity index (χ2v) is 6.60. The van der Waals surface area contributed by atoms with Crippen molar-refractivity contribution in [2.45, 2.75) is 6.10 Å². The number of carbonyl (C=O) groups excluding carboxylic acids is 1. The Morgan fingerprint density at radius 2 is 1.96 bits per heavy atom. The number of hydrogen-bond donors (Lipinski definition) is 1. The van der Waals surface area contributed by atoms with Crippen molar-refractivity contribution < 1.29 is 9.53 Å². The summed E-state index contributed by atoms with van der Waals surface area (Å²) in [6.07, 6.45) is -0.276. The molecule has 0 saturated carbocycles. The van der Waals surface area contributed by atoms with Gasteiger partial charge in [0.2, 0.25) is 0 Å². The first-order chi connectivity index (χ1) is 11.2. The fourth-order valence-electron chi connectivity index (χ4n) is 2.42. The summed E-state index contributed by atoms with van der Waals surface area (Å²) in [5.74, 6) is -0.0969. The maximum Gasteiger partial charge on any atom is 0.261 e. The zero-order chi connectivity index (χ0) is 16.2. The van der Waals surface area contributed by atoms with Crippen molar-refractivity contribution in [2.24, 2.45) is 0 Å². The van der Waals surface area contributed by atoms with Crippen LogP contribution in [0.15, 0.2) is 54.6 Å². The Kier molecular flexibility index (Phi) is 4.96. The van der Waals surface area contributed by atoms with E-state index in [2.05, 4.69) is 5.32 Å². The first-order valence-corrected chi connectivity index (χ1v) is 8.42. The maximum absolute atomic E-state index is 12.4. The molecule has 0 aliphatic heterocycles. The summed E-state index contributed by atoms with van der Waals surface area (Å²) < 4.78 is 6.57. The van der Waals surface area contributed by atoms with Gasteiger partial charge in [-0.05, 0) is 23.6 Å². The lowest BCUT2D eigenvalue weighted by molar-refractivity contribution is 0.0831. The van der Waals surface area contributed by atoms with Crippen molar-refractivity contribution in [3.63, 3.8) is 0 Å². The average Bonchev–Trinajstić information content (AvgIpc) is 3.01. The molecule has 1 N–H and O–H groups in total. The Hall–Kier alpha value is -1.88. The number of carbonyl (C=O) groups is 1. The minimum absolute atomic E-state index is 0.0969. The van der Waals surface area contributed by atoms with Crippen molar-refractivity contribution in [2.75, 3.05) is 13.7 Å². The normalized spacial score (nSPS) is 12.3. The van der Waals surface area contributed by atoms with Gasteiger partial charge in [-0.25, -0.2) is 0 Å². The molecule has 118 valence electrons. The molecule has 2 aromatic carbocycles. The molecule has 0 spiro atoms. The molecule has 1 aromatic heterocycles. The van der Waals surface area contributed by atoms with Crippen LogP contribution in [0.1, 0.15) is 21.3 Å². The molecule has 23 heavy (non-hydrogen) atoms. The number of ether oxygens (including phenoxy) is 1. The number of hydrogen-bond acceptors (Lipinski definition) is 3. The molecule has 0 bridgehead atoms. The van der Waals surface area contributed by atoms with Gasteiger partial charge in [-0.3, -0.25) is 4.79 Å². The van der Waals surface area contributed by atoms with E-state index in [-0.39, 0.29) is 12.0 Å². The Bertz CT molecular complexity index is 798. The van der Waals surface area contributed by atoms with Crippen molar-refractivity contribution >= 4 is 38.9 Å². The Morgan fingerprint density at radius 1 is 1.22 bits per heavy atom. The zero-order valence-electron chi connectivity index (χ0n) is 12.6. The van der Waals surface area contributed by atoms with Crippen LogP contribution in [0.3, 0.4) is 0 Å². The summed E-state index contributed by atoms with van der Waals surface area (Å²) >= 11 is 7.68. The van der Waals surface area contributed by atoms with Gasteiger partial charge in [0.25, 0.3) is 5.91 Å². The van der Waals surface area contributed by atoms with Gasteiger partial charge in [0.15, 0.2) is 0 Å². The highest BCUT2D eigenvalue weighted by Crippen LogP contribution is 2.26. The third kappa shape index (κ3) is 3.55. The molecular weight excluding hydrogens is 330 g/mol. The van der Waals surface area contributed by atoms with Crippen LogP contribution in [-0.2, 0) is 4.74 Å². The number of halogens is 1. The first-order valence-electron chi connectivity index (χ1n) is 7.23. The Labute approximate surface area is 143 Å². The minimum Gasteiger partial charge on any atom is -0.375 e. The van der Waals surface area contributed by atoms with Gasteiger partial charge in [-0.2, -0.15) is 0 Å². The van der Waals surface area contributed by atoms with E-state index in [0.29, 0.717) is 16.4 Å². The van der Waals surface area contributed by atoms with E-state index >= 15 is 0 Å². The molecular formula is C18H16ClNO2S. The maximum atomic E-state index is 12.4. The van der Waals surface area contributed by atoms with Crippen LogP contribution in [0.25, 0.3) is 10.1 Å². The average molecular weight is 346 g/mol. The number of amides is 1. The fraction of sp³-hybridized carbons (Fsp3) is 0.167. The molecule has 1 heterocycles. The summed E-state index contributed by atoms with van der Waals surface area (Å²) in [7, 11) is 1.61. The van der Waals surface area contributed by atoms with Crippen LogP contribution in [0.4, 0.5) is 0 Å². The zero-order valence-corrected chi connectivity index (χ0v) is 14.2. The molecule has 3 aromatic rings. The van der Waals surface area contributed by atoms with Gasteiger partial charge in [0.05, 0.1) is 4.88 Å². The number of rotatable bonds is 5. The van der Waals surface area contributed by atoms with E-state index in [1.165, 1.54) is 11.3 Å². The molecule has 0 aliphatic rings. The van der Waals surface area contributed by atoms with E-state index in [9.17, 15) is 4.79 Å². The SMILES string of the molecule is COC(CNC(=O)c1cc2ccccc2s1)c1ccccc1Cl. The molecule has 1 atom stereocenters. The molecule has 3 rings (SSSR count). The standard InChI is InChI=1S/C18H16ClNO2S/c1-22-15(13-7-3-4-8-14(13)19)11-20-18(21)17-10-12-6-2-5-9-16(12)23-17/h2-10,15H,11H2,1H3,(H,20,21). The molecule has 0 radical (unpaired) electrons. The lowest BCUT2D eigenvalue weighted by Gasteiger charge is -2.17. The quantitative estimate of drug-likeness (QED) is 0.729. The number of fused-ring (bicyclic) bond motifs is 1. The van der Waals surface area contributed by atoms with Crippen LogP contribution in [0.2, 0.25) is 5.02 Å². The molecule has 1 amide bonds. The van der Waals surface area contributed by atoms with E-state index in [1.807, 2.05) is 54.6 Å². The van der Waals surface area contributed by atoms with Crippen molar-refractivity contribution in [3.8, 4) is 0 Å². The summed E-state index contributed by atoms with van der Waals surface area (Å²) in [6, 6.07) is 17.4. The second kappa shape index (κ2) is 7.13. The third-order valence-electron chi connectivity index (χ3n) is 3.63. The lowest BCUT2D eigenvalue weighted by atomic mass is 10.1. The summed E-state index contributed by atoms with van der Waals surface area (Å²) in [5, 5.41) is 4.64. The number of thiophene rings is 1. The van der Waals surface area contributed by atoms with Gasteiger partial charge >= 0.3 is 0 Å². The lowest BCUT2D eigenvalue weighted by Crippen LogP contribution is -2.28. The molecule has 0 fully saturated rings. The Morgan fingerprint density at radius 3 is 2.70 bits per heavy atom. The number of methoxy groups -OCH3 is 1. The molecule has 0 aliphatic carbocycles. The molecule has 1 unspecified atom stereocenters. The summed E-state index contributed by atoms with van der Waals surface area (Å²) in [6.45, 7) is 0.368. The number of benzene rings is 2. The van der Waals surface area contributed by atoms with Gasteiger partial charge in [-0.1, -0.05) is 48.0 Å². The number of nitrogens with one attached hydrogen (secondary N) is 1. The van der Waals surface area contributed by atoms with Gasteiger partial charge < -0.3 is 10.1 Å². The van der Waals surface area contributed by atoms with E-state index in [0.717, 1.165) is 15.6 Å². The molecule has 3 nitrogen and oxygen atoms in total. The van der Waals surface area contributed by atoms with Gasteiger partial charge in [0, 0.05) is 28.9 Å². The van der Waals surface area contributed by atoms with Gasteiger partial charge in [-0.15, -0.1) is 11.3 Å². The predicted octanol–water partition coefficient (Wildman–Crippen LogP) is 4.67. The fourth-order valence-corrected chi connectivity index (χ4v) is 3.66. The largest absolute Gasteiger partial charge is 0.375 e. The van der Waals surface area contributed by atoms with Crippen LogP contribution in [0, 0.1) is 0 Å². The highest BCUT2D eigenvalue weighted by molar-refractivity contribution is 7.20. The van der Waals surface area contributed by atoms with E-state index in [4.69, 9.17) is 16.3 Å². The van der Waals surface area contributed by atoms with E-state index < -0.39 is 0 Å². The monoisotopic (exact) mass is 345 g/mol. The van der Waals surface area contributed by atoms with Crippen LogP contribution >= 0.6 is 22.9 Å². The van der Waals surface area contributed by atoms with Crippen molar-refractivity contribution in [1.82, 2.24) is 5.32 Å². The smallest absolute Gasteiger partial charge is 0.261 e. The summed E-state index contributed by atoms with van der Waals surface area (Å²) in [4.78, 5) is 13.1. The van der Waals surface area contributed by atoms with Crippen LogP contribution in [-0.4, -0.2) is 19.6 Å².